The van der Waals surface area contributed by atoms with Gasteiger partial charge in [0.05, 0.1) is 12.7 Å². The second-order valence-electron chi connectivity index (χ2n) is 5.35. The molecule has 0 aliphatic carbocycles. The maximum Gasteiger partial charge on any atom is 0.337 e. The van der Waals surface area contributed by atoms with E-state index in [1.807, 2.05) is 12.1 Å². The van der Waals surface area contributed by atoms with Crippen LogP contribution in [0, 0.1) is 5.92 Å². The molecule has 0 atom stereocenters. The van der Waals surface area contributed by atoms with Crippen molar-refractivity contribution >= 4 is 11.9 Å². The predicted octanol–water partition coefficient (Wildman–Crippen LogP) is 1.43. The van der Waals surface area contributed by atoms with E-state index in [0.717, 1.165) is 32.5 Å². The summed E-state index contributed by atoms with van der Waals surface area (Å²) in [5.74, 6) is -0.0158. The normalized spacial score (nSPS) is 16.5. The molecule has 1 aliphatic heterocycles. The third-order valence-electron chi connectivity index (χ3n) is 3.99. The van der Waals surface area contributed by atoms with Gasteiger partial charge >= 0.3 is 5.97 Å². The Kier molecular flexibility index (Phi) is 5.33. The van der Waals surface area contributed by atoms with Gasteiger partial charge in [0.1, 0.15) is 0 Å². The van der Waals surface area contributed by atoms with E-state index in [4.69, 9.17) is 0 Å². The van der Waals surface area contributed by atoms with Gasteiger partial charge in [-0.1, -0.05) is 12.1 Å². The number of ether oxygens (including phenoxy) is 1. The van der Waals surface area contributed by atoms with E-state index in [9.17, 15) is 9.59 Å². The Balaban J connectivity index is 1.86. The van der Waals surface area contributed by atoms with Gasteiger partial charge in [0, 0.05) is 19.5 Å². The van der Waals surface area contributed by atoms with Gasteiger partial charge in [0.25, 0.3) is 0 Å². The Bertz CT molecular complexity index is 491. The van der Waals surface area contributed by atoms with Gasteiger partial charge in [-0.15, -0.1) is 0 Å². The molecular weight excluding hydrogens is 268 g/mol. The molecule has 0 saturated carbocycles. The zero-order valence-electron chi connectivity index (χ0n) is 12.6. The number of rotatable bonds is 4. The number of methoxy groups -OCH3 is 1. The molecule has 0 radical (unpaired) electrons. The number of carbonyl (C=O) groups is 2. The number of hydrogen-bond acceptors (Lipinski definition) is 4. The zero-order chi connectivity index (χ0) is 15.2. The van der Waals surface area contributed by atoms with Crippen molar-refractivity contribution < 1.29 is 14.3 Å². The summed E-state index contributed by atoms with van der Waals surface area (Å²) in [4.78, 5) is 25.3. The summed E-state index contributed by atoms with van der Waals surface area (Å²) in [5.41, 5.74) is 1.74. The first-order chi connectivity index (χ1) is 10.1. The average Bonchev–Trinajstić information content (AvgIpc) is 2.55. The molecule has 1 aliphatic rings. The van der Waals surface area contributed by atoms with Crippen molar-refractivity contribution in [3.63, 3.8) is 0 Å². The highest BCUT2D eigenvalue weighted by Gasteiger charge is 2.23. The zero-order valence-corrected chi connectivity index (χ0v) is 12.6. The van der Waals surface area contributed by atoms with E-state index in [0.29, 0.717) is 5.56 Å². The standard InChI is InChI=1S/C16H22N2O3/c1-17-15(19)13-7-9-18(10-8-13)11-12-3-5-14(6-4-12)16(20)21-2/h3-6,13H,7-11H2,1-2H3,(H,17,19). The number of amides is 1. The summed E-state index contributed by atoms with van der Waals surface area (Å²) in [5, 5.41) is 2.72. The molecular formula is C16H22N2O3. The first kappa shape index (κ1) is 15.5. The highest BCUT2D eigenvalue weighted by atomic mass is 16.5. The number of nitrogens with zero attached hydrogens (tertiary/aromatic N) is 1. The van der Waals surface area contributed by atoms with Crippen molar-refractivity contribution in [2.45, 2.75) is 19.4 Å². The van der Waals surface area contributed by atoms with Crippen LogP contribution < -0.4 is 5.32 Å². The fraction of sp³-hybridized carbons (Fsp3) is 0.500. The summed E-state index contributed by atoms with van der Waals surface area (Å²) in [6.07, 6.45) is 1.81. The van der Waals surface area contributed by atoms with Crippen molar-refractivity contribution in [3.8, 4) is 0 Å². The summed E-state index contributed by atoms with van der Waals surface area (Å²) in [6, 6.07) is 7.49. The first-order valence-corrected chi connectivity index (χ1v) is 7.25. The minimum Gasteiger partial charge on any atom is -0.465 e. The Labute approximate surface area is 125 Å². The van der Waals surface area contributed by atoms with Crippen LogP contribution in [0.15, 0.2) is 24.3 Å². The van der Waals surface area contributed by atoms with Crippen LogP contribution in [0.3, 0.4) is 0 Å². The van der Waals surface area contributed by atoms with Crippen LogP contribution in [0.25, 0.3) is 0 Å². The monoisotopic (exact) mass is 290 g/mol. The molecule has 21 heavy (non-hydrogen) atoms. The predicted molar refractivity (Wildman–Crippen MR) is 79.8 cm³/mol. The molecule has 1 aromatic carbocycles. The fourth-order valence-corrected chi connectivity index (χ4v) is 2.68. The lowest BCUT2D eigenvalue weighted by atomic mass is 9.95. The molecule has 0 aromatic heterocycles. The highest BCUT2D eigenvalue weighted by molar-refractivity contribution is 5.89. The smallest absolute Gasteiger partial charge is 0.337 e. The lowest BCUT2D eigenvalue weighted by molar-refractivity contribution is -0.125. The average molecular weight is 290 g/mol. The van der Waals surface area contributed by atoms with E-state index < -0.39 is 0 Å². The molecule has 0 spiro atoms. The first-order valence-electron chi connectivity index (χ1n) is 7.25. The van der Waals surface area contributed by atoms with Crippen molar-refractivity contribution in [1.82, 2.24) is 10.2 Å². The fourth-order valence-electron chi connectivity index (χ4n) is 2.68. The summed E-state index contributed by atoms with van der Waals surface area (Å²) in [6.45, 7) is 2.70. The van der Waals surface area contributed by atoms with E-state index in [1.54, 1.807) is 19.2 Å². The molecule has 0 unspecified atom stereocenters. The maximum atomic E-state index is 11.6. The van der Waals surface area contributed by atoms with E-state index in [1.165, 1.54) is 12.7 Å². The molecule has 2 rings (SSSR count). The molecule has 0 bridgehead atoms. The van der Waals surface area contributed by atoms with Crippen LogP contribution in [0.4, 0.5) is 0 Å². The Hall–Kier alpha value is -1.88. The Morgan fingerprint density at radius 3 is 2.38 bits per heavy atom. The number of likely N-dealkylation sites (tertiary alicyclic amines) is 1. The second-order valence-corrected chi connectivity index (χ2v) is 5.35. The minimum atomic E-state index is -0.312. The molecule has 1 saturated heterocycles. The van der Waals surface area contributed by atoms with Crippen molar-refractivity contribution in [1.29, 1.82) is 0 Å². The van der Waals surface area contributed by atoms with E-state index in [2.05, 4.69) is 15.0 Å². The van der Waals surface area contributed by atoms with Gasteiger partial charge in [0.2, 0.25) is 5.91 Å². The molecule has 1 heterocycles. The molecule has 5 heteroatoms. The van der Waals surface area contributed by atoms with Crippen LogP contribution in [0.2, 0.25) is 0 Å². The topological polar surface area (TPSA) is 58.6 Å². The number of piperidine rings is 1. The molecule has 1 aromatic rings. The molecule has 114 valence electrons. The van der Waals surface area contributed by atoms with Crippen molar-refractivity contribution in [3.05, 3.63) is 35.4 Å². The van der Waals surface area contributed by atoms with Crippen LogP contribution in [0.1, 0.15) is 28.8 Å². The molecule has 5 nitrogen and oxygen atoms in total. The van der Waals surface area contributed by atoms with Gasteiger partial charge in [-0.3, -0.25) is 9.69 Å². The summed E-state index contributed by atoms with van der Waals surface area (Å²) >= 11 is 0. The van der Waals surface area contributed by atoms with E-state index in [-0.39, 0.29) is 17.8 Å². The number of benzene rings is 1. The summed E-state index contributed by atoms with van der Waals surface area (Å²) in [7, 11) is 3.07. The molecule has 1 N–H and O–H groups in total. The van der Waals surface area contributed by atoms with Crippen LogP contribution in [-0.2, 0) is 16.1 Å². The van der Waals surface area contributed by atoms with Crippen molar-refractivity contribution in [2.75, 3.05) is 27.2 Å². The Morgan fingerprint density at radius 2 is 1.86 bits per heavy atom. The largest absolute Gasteiger partial charge is 0.465 e. The number of nitrogens with one attached hydrogen (secondary N) is 1. The number of esters is 1. The second kappa shape index (κ2) is 7.22. The van der Waals surface area contributed by atoms with Gasteiger partial charge in [-0.05, 0) is 43.6 Å². The third-order valence-corrected chi connectivity index (χ3v) is 3.99. The molecule has 1 amide bonds. The number of hydrogen-bond donors (Lipinski definition) is 1. The highest BCUT2D eigenvalue weighted by Crippen LogP contribution is 2.19. The van der Waals surface area contributed by atoms with Crippen molar-refractivity contribution in [2.24, 2.45) is 5.92 Å². The van der Waals surface area contributed by atoms with Gasteiger partial charge in [0.15, 0.2) is 0 Å². The quantitative estimate of drug-likeness (QED) is 0.852. The number of carbonyl (C=O) groups excluding carboxylic acids is 2. The maximum absolute atomic E-state index is 11.6. The Morgan fingerprint density at radius 1 is 1.24 bits per heavy atom. The van der Waals surface area contributed by atoms with Gasteiger partial charge in [-0.2, -0.15) is 0 Å². The lowest BCUT2D eigenvalue weighted by Gasteiger charge is -2.31. The van der Waals surface area contributed by atoms with Crippen LogP contribution >= 0.6 is 0 Å². The minimum absolute atomic E-state index is 0.146. The lowest BCUT2D eigenvalue weighted by Crippen LogP contribution is -2.39. The van der Waals surface area contributed by atoms with Gasteiger partial charge in [-0.25, -0.2) is 4.79 Å². The van der Waals surface area contributed by atoms with Crippen LogP contribution in [-0.4, -0.2) is 44.0 Å². The summed E-state index contributed by atoms with van der Waals surface area (Å²) < 4.78 is 4.68. The van der Waals surface area contributed by atoms with E-state index >= 15 is 0 Å². The third kappa shape index (κ3) is 4.04. The molecule has 1 fully saturated rings. The van der Waals surface area contributed by atoms with Gasteiger partial charge < -0.3 is 10.1 Å². The van der Waals surface area contributed by atoms with Crippen LogP contribution in [0.5, 0.6) is 0 Å². The SMILES string of the molecule is CNC(=O)C1CCN(Cc2ccc(C(=O)OC)cc2)CC1.